The lowest BCUT2D eigenvalue weighted by molar-refractivity contribution is -0.104. The summed E-state index contributed by atoms with van der Waals surface area (Å²) in [6.07, 6.45) is 3.09. The molecule has 9 heteroatoms. The first-order chi connectivity index (χ1) is 13.7. The summed E-state index contributed by atoms with van der Waals surface area (Å²) in [4.78, 5) is 28.4. The van der Waals surface area contributed by atoms with Crippen molar-refractivity contribution in [2.75, 3.05) is 44.3 Å². The fourth-order valence-electron chi connectivity index (χ4n) is 3.54. The molecule has 2 fully saturated rings. The molecule has 1 amide bonds. The van der Waals surface area contributed by atoms with E-state index < -0.39 is 0 Å². The second-order valence-corrected chi connectivity index (χ2v) is 7.04. The van der Waals surface area contributed by atoms with Crippen LogP contribution in [0.25, 0.3) is 22.4 Å². The number of aromatic amines is 1. The highest BCUT2D eigenvalue weighted by Gasteiger charge is 2.28. The number of aromatic nitrogens is 3. The number of H-pyrrole nitrogens is 1. The molecule has 28 heavy (non-hydrogen) atoms. The van der Waals surface area contributed by atoms with Crippen molar-refractivity contribution in [3.8, 4) is 11.4 Å². The third-order valence-corrected chi connectivity index (χ3v) is 5.16. The Balaban J connectivity index is 1.32. The maximum absolute atomic E-state index is 12.2. The number of carbonyl (C=O) groups excluding carboxylic acids is 1. The van der Waals surface area contributed by atoms with Gasteiger partial charge in [-0.05, 0) is 12.1 Å². The number of rotatable bonds is 3. The Bertz CT molecular complexity index is 1000. The minimum absolute atomic E-state index is 0.0937. The average Bonchev–Trinajstić information content (AvgIpc) is 3.30. The molecule has 0 bridgehead atoms. The summed E-state index contributed by atoms with van der Waals surface area (Å²) < 4.78 is 15.8. The number of carbonyl (C=O) groups is 1. The van der Waals surface area contributed by atoms with Gasteiger partial charge in [-0.3, -0.25) is 0 Å². The molecular weight excluding hydrogens is 362 g/mol. The molecular formula is C19H21N5O4. The van der Waals surface area contributed by atoms with Crippen LogP contribution in [0.5, 0.6) is 0 Å². The molecule has 0 atom stereocenters. The van der Waals surface area contributed by atoms with Crippen LogP contribution in [0.15, 0.2) is 29.0 Å². The van der Waals surface area contributed by atoms with Crippen molar-refractivity contribution in [1.29, 1.82) is 0 Å². The van der Waals surface area contributed by atoms with E-state index in [1.807, 2.05) is 19.1 Å². The zero-order chi connectivity index (χ0) is 19.1. The summed E-state index contributed by atoms with van der Waals surface area (Å²) in [5.41, 5.74) is 3.53. The molecule has 9 nitrogen and oxygen atoms in total. The van der Waals surface area contributed by atoms with Crippen molar-refractivity contribution < 1.29 is 18.7 Å². The van der Waals surface area contributed by atoms with E-state index in [4.69, 9.17) is 13.9 Å². The molecule has 2 saturated heterocycles. The lowest BCUT2D eigenvalue weighted by Gasteiger charge is -2.37. The maximum atomic E-state index is 12.2. The van der Waals surface area contributed by atoms with E-state index in [9.17, 15) is 4.79 Å². The zero-order valence-corrected chi connectivity index (χ0v) is 15.6. The first kappa shape index (κ1) is 17.1. The highest BCUT2D eigenvalue weighted by atomic mass is 16.6. The van der Waals surface area contributed by atoms with Gasteiger partial charge in [0.25, 0.3) is 0 Å². The fourth-order valence-corrected chi connectivity index (χ4v) is 3.54. The number of fused-ring (bicyclic) bond motifs is 1. The molecule has 0 aromatic carbocycles. The van der Waals surface area contributed by atoms with Gasteiger partial charge < -0.3 is 28.7 Å². The lowest BCUT2D eigenvalue weighted by Crippen LogP contribution is -2.51. The Labute approximate surface area is 161 Å². The van der Waals surface area contributed by atoms with Crippen LogP contribution in [0.4, 0.5) is 10.5 Å². The quantitative estimate of drug-likeness (QED) is 0.740. The Morgan fingerprint density at radius 1 is 1.29 bits per heavy atom. The third kappa shape index (κ3) is 3.07. The van der Waals surface area contributed by atoms with Crippen molar-refractivity contribution in [3.05, 3.63) is 30.5 Å². The summed E-state index contributed by atoms with van der Waals surface area (Å²) in [6, 6.07) is 4.06. The Kier molecular flexibility index (Phi) is 4.16. The summed E-state index contributed by atoms with van der Waals surface area (Å²) in [6.45, 7) is 5.53. The molecule has 0 unspecified atom stereocenters. The summed E-state index contributed by atoms with van der Waals surface area (Å²) in [5, 5.41) is 1.03. The molecule has 146 valence electrons. The van der Waals surface area contributed by atoms with Gasteiger partial charge >= 0.3 is 6.09 Å². The van der Waals surface area contributed by atoms with E-state index in [0.29, 0.717) is 32.2 Å². The Morgan fingerprint density at radius 2 is 2.11 bits per heavy atom. The summed E-state index contributed by atoms with van der Waals surface area (Å²) >= 11 is 0. The number of nitrogens with zero attached hydrogens (tertiary/aromatic N) is 4. The van der Waals surface area contributed by atoms with E-state index in [0.717, 1.165) is 41.2 Å². The number of anilines is 1. The van der Waals surface area contributed by atoms with E-state index in [1.165, 1.54) is 0 Å². The second kappa shape index (κ2) is 6.83. The van der Waals surface area contributed by atoms with Crippen molar-refractivity contribution in [3.63, 3.8) is 0 Å². The molecule has 5 heterocycles. The molecule has 5 rings (SSSR count). The smallest absolute Gasteiger partial charge is 0.410 e. The van der Waals surface area contributed by atoms with Gasteiger partial charge in [0.15, 0.2) is 12.0 Å². The number of pyridine rings is 1. The van der Waals surface area contributed by atoms with Crippen LogP contribution in [-0.4, -0.2) is 71.4 Å². The predicted molar refractivity (Wildman–Crippen MR) is 101 cm³/mol. The predicted octanol–water partition coefficient (Wildman–Crippen LogP) is 2.18. The monoisotopic (exact) mass is 383 g/mol. The molecule has 0 saturated carbocycles. The van der Waals surface area contributed by atoms with Crippen LogP contribution in [0.3, 0.4) is 0 Å². The number of hydrogen-bond acceptors (Lipinski definition) is 7. The number of piperazine rings is 1. The number of aryl methyl sites for hydroxylation is 1. The van der Waals surface area contributed by atoms with Crippen LogP contribution in [0.2, 0.25) is 0 Å². The minimum atomic E-state index is -0.252. The van der Waals surface area contributed by atoms with Crippen molar-refractivity contribution in [2.45, 2.75) is 13.0 Å². The van der Waals surface area contributed by atoms with Gasteiger partial charge in [-0.2, -0.15) is 0 Å². The third-order valence-electron chi connectivity index (χ3n) is 5.16. The number of amides is 1. The van der Waals surface area contributed by atoms with Crippen LogP contribution >= 0.6 is 0 Å². The molecule has 2 aliphatic rings. The molecule has 0 spiro atoms. The normalized spacial score (nSPS) is 17.8. The maximum Gasteiger partial charge on any atom is 0.410 e. The number of hydrogen-bond donors (Lipinski definition) is 1. The van der Waals surface area contributed by atoms with Gasteiger partial charge in [-0.15, -0.1) is 0 Å². The average molecular weight is 383 g/mol. The first-order valence-corrected chi connectivity index (χ1v) is 9.36. The van der Waals surface area contributed by atoms with Crippen LogP contribution in [0, 0.1) is 6.92 Å². The van der Waals surface area contributed by atoms with Crippen LogP contribution < -0.4 is 4.90 Å². The van der Waals surface area contributed by atoms with E-state index in [1.54, 1.807) is 17.4 Å². The molecule has 2 aliphatic heterocycles. The van der Waals surface area contributed by atoms with Crippen LogP contribution in [-0.2, 0) is 9.47 Å². The van der Waals surface area contributed by atoms with E-state index in [-0.39, 0.29) is 12.2 Å². The van der Waals surface area contributed by atoms with Gasteiger partial charge in [0.05, 0.1) is 18.9 Å². The van der Waals surface area contributed by atoms with Crippen molar-refractivity contribution >= 4 is 22.8 Å². The standard InChI is InChI=1S/C19H21N5O4/c1-12-21-16(11-27-12)15-8-14-17(2-3-20-18(14)22-15)23-4-6-24(7-5-23)19(25)28-13-9-26-10-13/h2-3,8,11,13H,4-7,9-10H2,1H3,(H,20,22). The van der Waals surface area contributed by atoms with E-state index in [2.05, 4.69) is 19.9 Å². The Morgan fingerprint density at radius 3 is 2.79 bits per heavy atom. The summed E-state index contributed by atoms with van der Waals surface area (Å²) in [5.74, 6) is 0.623. The van der Waals surface area contributed by atoms with Crippen LogP contribution in [0.1, 0.15) is 5.89 Å². The van der Waals surface area contributed by atoms with Crippen molar-refractivity contribution in [1.82, 2.24) is 19.9 Å². The molecule has 3 aromatic rings. The minimum Gasteiger partial charge on any atom is -0.449 e. The molecule has 1 N–H and O–H groups in total. The summed E-state index contributed by atoms with van der Waals surface area (Å²) in [7, 11) is 0. The number of nitrogens with one attached hydrogen (secondary N) is 1. The van der Waals surface area contributed by atoms with Gasteiger partial charge in [-0.25, -0.2) is 14.8 Å². The molecule has 3 aromatic heterocycles. The SMILES string of the molecule is Cc1nc(-c2cc3c(N4CCN(C(=O)OC5COC5)CC4)ccnc3[nH]2)co1. The zero-order valence-electron chi connectivity index (χ0n) is 15.6. The van der Waals surface area contributed by atoms with Gasteiger partial charge in [-0.1, -0.05) is 0 Å². The van der Waals surface area contributed by atoms with Gasteiger partial charge in [0.1, 0.15) is 17.6 Å². The largest absolute Gasteiger partial charge is 0.449 e. The molecule has 0 aliphatic carbocycles. The fraction of sp³-hybridized carbons (Fsp3) is 0.421. The van der Waals surface area contributed by atoms with Gasteiger partial charge in [0.2, 0.25) is 0 Å². The topological polar surface area (TPSA) is 96.7 Å². The second-order valence-electron chi connectivity index (χ2n) is 7.04. The lowest BCUT2D eigenvalue weighted by atomic mass is 10.2. The van der Waals surface area contributed by atoms with E-state index >= 15 is 0 Å². The van der Waals surface area contributed by atoms with Gasteiger partial charge in [0, 0.05) is 50.4 Å². The number of oxazole rings is 1. The molecule has 0 radical (unpaired) electrons. The highest BCUT2D eigenvalue weighted by Crippen LogP contribution is 2.30. The van der Waals surface area contributed by atoms with Crippen molar-refractivity contribution in [2.24, 2.45) is 0 Å². The number of ether oxygens (including phenoxy) is 2. The Hall–Kier alpha value is -3.07. The first-order valence-electron chi connectivity index (χ1n) is 9.36. The highest BCUT2D eigenvalue weighted by molar-refractivity contribution is 5.93.